The van der Waals surface area contributed by atoms with Crippen LogP contribution in [0.5, 0.6) is 0 Å². The van der Waals surface area contributed by atoms with E-state index < -0.39 is 0 Å². The Bertz CT molecular complexity index is 737. The van der Waals surface area contributed by atoms with Crippen LogP contribution in [0.3, 0.4) is 0 Å². The highest BCUT2D eigenvalue weighted by Gasteiger charge is 2.34. The molecule has 2 aromatic rings. The third-order valence-electron chi connectivity index (χ3n) is 5.09. The normalized spacial score (nSPS) is 20.0. The predicted octanol–water partition coefficient (Wildman–Crippen LogP) is 3.22. The van der Waals surface area contributed by atoms with Gasteiger partial charge < -0.3 is 14.6 Å². The smallest absolute Gasteiger partial charge is 0.257 e. The Hall–Kier alpha value is -2.56. The summed E-state index contributed by atoms with van der Waals surface area (Å²) in [4.78, 5) is 27.0. The second-order valence-corrected chi connectivity index (χ2v) is 6.84. The van der Waals surface area contributed by atoms with Crippen molar-refractivity contribution in [2.75, 3.05) is 19.6 Å². The highest BCUT2D eigenvalue weighted by molar-refractivity contribution is 5.94. The fraction of sp³-hybridized carbons (Fsp3) is 0.429. The van der Waals surface area contributed by atoms with E-state index in [9.17, 15) is 9.59 Å². The van der Waals surface area contributed by atoms with E-state index in [0.717, 1.165) is 12.8 Å². The van der Waals surface area contributed by atoms with Crippen molar-refractivity contribution in [1.29, 1.82) is 0 Å². The van der Waals surface area contributed by atoms with Gasteiger partial charge in [0, 0.05) is 25.6 Å². The quantitative estimate of drug-likeness (QED) is 0.897. The molecule has 26 heavy (non-hydrogen) atoms. The number of nitrogens with zero attached hydrogens (tertiary/aromatic N) is 1. The second-order valence-electron chi connectivity index (χ2n) is 6.84. The Morgan fingerprint density at radius 1 is 1.15 bits per heavy atom. The molecule has 138 valence electrons. The first-order valence-electron chi connectivity index (χ1n) is 9.30. The molecule has 2 heterocycles. The lowest BCUT2D eigenvalue weighted by atomic mass is 9.83. The first-order chi connectivity index (χ1) is 12.6. The number of carbonyl (C=O) groups is 2. The van der Waals surface area contributed by atoms with E-state index in [-0.39, 0.29) is 23.7 Å². The van der Waals surface area contributed by atoms with Gasteiger partial charge in [0.05, 0.1) is 17.7 Å². The number of hydrogen-bond donors (Lipinski definition) is 1. The third-order valence-corrected chi connectivity index (χ3v) is 5.09. The maximum atomic E-state index is 12.8. The number of furan rings is 1. The predicted molar refractivity (Wildman–Crippen MR) is 100.0 cm³/mol. The summed E-state index contributed by atoms with van der Waals surface area (Å²) in [5, 5.41) is 2.90. The topological polar surface area (TPSA) is 62.6 Å². The van der Waals surface area contributed by atoms with Crippen LogP contribution in [0.1, 0.15) is 47.7 Å². The molecule has 0 spiro atoms. The Morgan fingerprint density at radius 3 is 2.54 bits per heavy atom. The number of aryl methyl sites for hydroxylation is 1. The molecule has 5 heteroatoms. The van der Waals surface area contributed by atoms with E-state index in [0.29, 0.717) is 25.2 Å². The summed E-state index contributed by atoms with van der Waals surface area (Å²) in [6.07, 6.45) is 4.71. The maximum Gasteiger partial charge on any atom is 0.257 e. The molecule has 0 radical (unpaired) electrons. The van der Waals surface area contributed by atoms with Gasteiger partial charge in [-0.15, -0.1) is 0 Å². The highest BCUT2D eigenvalue weighted by atomic mass is 16.3. The van der Waals surface area contributed by atoms with Gasteiger partial charge in [0.2, 0.25) is 5.91 Å². The maximum absolute atomic E-state index is 12.8. The van der Waals surface area contributed by atoms with Crippen molar-refractivity contribution in [3.05, 3.63) is 59.5 Å². The molecule has 1 aromatic carbocycles. The molecule has 1 fully saturated rings. The number of likely N-dealkylation sites (tertiary alicyclic amines) is 1. The first kappa shape index (κ1) is 18.2. The lowest BCUT2D eigenvalue weighted by Crippen LogP contribution is -2.48. The number of benzene rings is 1. The minimum Gasteiger partial charge on any atom is -0.472 e. The van der Waals surface area contributed by atoms with Crippen molar-refractivity contribution in [2.24, 2.45) is 5.92 Å². The molecular formula is C21H26N2O3. The van der Waals surface area contributed by atoms with Gasteiger partial charge in [-0.3, -0.25) is 9.59 Å². The molecule has 1 aliphatic rings. The minimum atomic E-state index is -0.199. The lowest BCUT2D eigenvalue weighted by molar-refractivity contribution is -0.126. The number of rotatable bonds is 5. The van der Waals surface area contributed by atoms with Gasteiger partial charge in [-0.2, -0.15) is 0 Å². The van der Waals surface area contributed by atoms with Crippen molar-refractivity contribution in [1.82, 2.24) is 10.2 Å². The Balaban J connectivity index is 1.83. The van der Waals surface area contributed by atoms with Crippen molar-refractivity contribution >= 4 is 11.8 Å². The standard InChI is InChI=1S/C21H26N2O3/c1-3-15-5-7-16(8-6-15)18-11-19(20(24)22-4-2)13-23(12-18)21(25)17-9-10-26-14-17/h5-10,14,18-19H,3-4,11-13H2,1-2H3,(H,22,24). The lowest BCUT2D eigenvalue weighted by Gasteiger charge is -2.37. The van der Waals surface area contributed by atoms with Crippen LogP contribution in [-0.2, 0) is 11.2 Å². The Morgan fingerprint density at radius 2 is 1.92 bits per heavy atom. The first-order valence-corrected chi connectivity index (χ1v) is 9.30. The molecule has 0 bridgehead atoms. The number of hydrogen-bond acceptors (Lipinski definition) is 3. The molecule has 1 saturated heterocycles. The largest absolute Gasteiger partial charge is 0.472 e. The van der Waals surface area contributed by atoms with Crippen LogP contribution in [0.2, 0.25) is 0 Å². The number of nitrogens with one attached hydrogen (secondary N) is 1. The Kier molecular flexibility index (Phi) is 5.76. The molecule has 2 amide bonds. The summed E-state index contributed by atoms with van der Waals surface area (Å²) in [5.41, 5.74) is 3.00. The van der Waals surface area contributed by atoms with Gasteiger partial charge >= 0.3 is 0 Å². The zero-order valence-corrected chi connectivity index (χ0v) is 15.4. The minimum absolute atomic E-state index is 0.0207. The van der Waals surface area contributed by atoms with E-state index in [2.05, 4.69) is 36.5 Å². The molecule has 2 unspecified atom stereocenters. The van der Waals surface area contributed by atoms with E-state index >= 15 is 0 Å². The Labute approximate surface area is 154 Å². The van der Waals surface area contributed by atoms with E-state index in [4.69, 9.17) is 4.42 Å². The zero-order chi connectivity index (χ0) is 18.5. The summed E-state index contributed by atoms with van der Waals surface area (Å²) in [6.45, 7) is 5.70. The average molecular weight is 354 g/mol. The van der Waals surface area contributed by atoms with Crippen LogP contribution in [-0.4, -0.2) is 36.3 Å². The van der Waals surface area contributed by atoms with E-state index in [1.807, 2.05) is 6.92 Å². The van der Waals surface area contributed by atoms with Gasteiger partial charge in [0.25, 0.3) is 5.91 Å². The van der Waals surface area contributed by atoms with Crippen LogP contribution in [0.15, 0.2) is 47.3 Å². The molecule has 2 atom stereocenters. The average Bonchev–Trinajstić information content (AvgIpc) is 3.22. The molecule has 3 rings (SSSR count). The number of piperidine rings is 1. The third kappa shape index (κ3) is 3.98. The van der Waals surface area contributed by atoms with Gasteiger partial charge in [-0.25, -0.2) is 0 Å². The van der Waals surface area contributed by atoms with Crippen LogP contribution >= 0.6 is 0 Å². The van der Waals surface area contributed by atoms with E-state index in [1.54, 1.807) is 11.0 Å². The van der Waals surface area contributed by atoms with Crippen LogP contribution in [0, 0.1) is 5.92 Å². The number of carbonyl (C=O) groups excluding carboxylic acids is 2. The van der Waals surface area contributed by atoms with Crippen LogP contribution in [0.4, 0.5) is 0 Å². The van der Waals surface area contributed by atoms with Gasteiger partial charge in [-0.05, 0) is 37.0 Å². The van der Waals surface area contributed by atoms with Crippen molar-refractivity contribution in [3.63, 3.8) is 0 Å². The van der Waals surface area contributed by atoms with Crippen LogP contribution < -0.4 is 5.32 Å². The summed E-state index contributed by atoms with van der Waals surface area (Å²) >= 11 is 0. The van der Waals surface area contributed by atoms with Gasteiger partial charge in [0.15, 0.2) is 0 Å². The van der Waals surface area contributed by atoms with Crippen molar-refractivity contribution < 1.29 is 14.0 Å². The second kappa shape index (κ2) is 8.21. The number of amides is 2. The van der Waals surface area contributed by atoms with Gasteiger partial charge in [-0.1, -0.05) is 31.2 Å². The molecule has 0 saturated carbocycles. The fourth-order valence-corrected chi connectivity index (χ4v) is 3.61. The molecule has 5 nitrogen and oxygen atoms in total. The fourth-order valence-electron chi connectivity index (χ4n) is 3.61. The monoisotopic (exact) mass is 354 g/mol. The molecule has 1 N–H and O–H groups in total. The van der Waals surface area contributed by atoms with Crippen molar-refractivity contribution in [2.45, 2.75) is 32.6 Å². The molecule has 1 aromatic heterocycles. The SMILES string of the molecule is CCNC(=O)C1CC(c2ccc(CC)cc2)CN(C(=O)c2ccoc2)C1. The molecule has 0 aliphatic carbocycles. The van der Waals surface area contributed by atoms with Crippen molar-refractivity contribution in [3.8, 4) is 0 Å². The van der Waals surface area contributed by atoms with Gasteiger partial charge in [0.1, 0.15) is 6.26 Å². The summed E-state index contributed by atoms with van der Waals surface area (Å²) in [7, 11) is 0. The summed E-state index contributed by atoms with van der Waals surface area (Å²) in [5.74, 6) is -0.108. The van der Waals surface area contributed by atoms with E-state index in [1.165, 1.54) is 23.7 Å². The summed E-state index contributed by atoms with van der Waals surface area (Å²) in [6, 6.07) is 10.2. The summed E-state index contributed by atoms with van der Waals surface area (Å²) < 4.78 is 5.05. The van der Waals surface area contributed by atoms with Crippen LogP contribution in [0.25, 0.3) is 0 Å². The molecular weight excluding hydrogens is 328 g/mol. The highest BCUT2D eigenvalue weighted by Crippen LogP contribution is 2.31. The molecule has 1 aliphatic heterocycles. The zero-order valence-electron chi connectivity index (χ0n) is 15.4.